The molecule has 0 radical (unpaired) electrons. The average Bonchev–Trinajstić information content (AvgIpc) is 2.83. The molecule has 1 aromatic carbocycles. The van der Waals surface area contributed by atoms with Crippen LogP contribution in [0, 0.1) is 0 Å². The van der Waals surface area contributed by atoms with Crippen LogP contribution < -0.4 is 0 Å². The summed E-state index contributed by atoms with van der Waals surface area (Å²) in [5, 5.41) is 0. The Kier molecular flexibility index (Phi) is 3.71. The lowest BCUT2D eigenvalue weighted by atomic mass is 10.1. The Bertz CT molecular complexity index is 560. The number of rotatable bonds is 4. The summed E-state index contributed by atoms with van der Waals surface area (Å²) in [6.45, 7) is 0. The fraction of sp³-hybridized carbons (Fsp3) is 0.462. The van der Waals surface area contributed by atoms with E-state index in [2.05, 4.69) is 4.74 Å². The molecule has 0 saturated heterocycles. The molecular weight excluding hydrogens is 252 g/mol. The number of aryl methyl sites for hydroxylation is 2. The van der Waals surface area contributed by atoms with Crippen LogP contribution in [0.5, 0.6) is 0 Å². The van der Waals surface area contributed by atoms with Crippen molar-refractivity contribution >= 4 is 15.8 Å². The van der Waals surface area contributed by atoms with Crippen LogP contribution in [0.2, 0.25) is 0 Å². The number of hydrogen-bond acceptors (Lipinski definition) is 4. The van der Waals surface area contributed by atoms with Crippen LogP contribution in [0.3, 0.4) is 0 Å². The third-order valence-corrected chi connectivity index (χ3v) is 4.95. The van der Waals surface area contributed by atoms with Gasteiger partial charge in [-0.05, 0) is 42.5 Å². The maximum Gasteiger partial charge on any atom is 0.306 e. The molecule has 5 heteroatoms. The molecule has 0 N–H and O–H groups in total. The van der Waals surface area contributed by atoms with Gasteiger partial charge in [0.05, 0.1) is 24.2 Å². The number of benzene rings is 1. The number of hydrogen-bond donors (Lipinski definition) is 0. The third-order valence-electron chi connectivity index (χ3n) is 3.23. The lowest BCUT2D eigenvalue weighted by Crippen LogP contribution is -2.12. The molecule has 1 aliphatic carbocycles. The van der Waals surface area contributed by atoms with Gasteiger partial charge in [0.25, 0.3) is 0 Å². The molecule has 0 aliphatic heterocycles. The molecule has 0 bridgehead atoms. The van der Waals surface area contributed by atoms with Gasteiger partial charge in [-0.2, -0.15) is 0 Å². The SMILES string of the molecule is COC(=O)CCS(=O)(=O)c1ccc2c(c1)CCC2. The summed E-state index contributed by atoms with van der Waals surface area (Å²) in [4.78, 5) is 11.3. The normalized spacial score (nSPS) is 14.3. The summed E-state index contributed by atoms with van der Waals surface area (Å²) in [5.74, 6) is -0.696. The number of ether oxygens (including phenoxy) is 1. The molecule has 98 valence electrons. The number of fused-ring (bicyclic) bond motifs is 1. The second kappa shape index (κ2) is 5.10. The minimum atomic E-state index is -3.39. The Morgan fingerprint density at radius 3 is 2.72 bits per heavy atom. The highest BCUT2D eigenvalue weighted by molar-refractivity contribution is 7.91. The van der Waals surface area contributed by atoms with Gasteiger partial charge in [0.15, 0.2) is 9.84 Å². The van der Waals surface area contributed by atoms with E-state index >= 15 is 0 Å². The van der Waals surface area contributed by atoms with Crippen molar-refractivity contribution in [2.45, 2.75) is 30.6 Å². The van der Waals surface area contributed by atoms with E-state index in [4.69, 9.17) is 0 Å². The minimum Gasteiger partial charge on any atom is -0.469 e. The average molecular weight is 268 g/mol. The Labute approximate surface area is 107 Å². The molecule has 2 rings (SSSR count). The van der Waals surface area contributed by atoms with Crippen molar-refractivity contribution in [2.24, 2.45) is 0 Å². The van der Waals surface area contributed by atoms with E-state index in [0.29, 0.717) is 4.90 Å². The molecule has 4 nitrogen and oxygen atoms in total. The van der Waals surface area contributed by atoms with Crippen molar-refractivity contribution in [1.29, 1.82) is 0 Å². The van der Waals surface area contributed by atoms with Gasteiger partial charge in [0.1, 0.15) is 0 Å². The van der Waals surface area contributed by atoms with Gasteiger partial charge in [-0.3, -0.25) is 4.79 Å². The van der Waals surface area contributed by atoms with E-state index in [0.717, 1.165) is 24.8 Å². The Morgan fingerprint density at radius 2 is 2.00 bits per heavy atom. The minimum absolute atomic E-state index is 0.101. The second-order valence-corrected chi connectivity index (χ2v) is 6.54. The molecule has 0 unspecified atom stereocenters. The number of sulfone groups is 1. The largest absolute Gasteiger partial charge is 0.469 e. The highest BCUT2D eigenvalue weighted by Crippen LogP contribution is 2.25. The van der Waals surface area contributed by atoms with Crippen molar-refractivity contribution in [3.63, 3.8) is 0 Å². The molecule has 18 heavy (non-hydrogen) atoms. The van der Waals surface area contributed by atoms with Crippen molar-refractivity contribution in [3.05, 3.63) is 29.3 Å². The fourth-order valence-electron chi connectivity index (χ4n) is 2.18. The van der Waals surface area contributed by atoms with Crippen molar-refractivity contribution < 1.29 is 17.9 Å². The Hall–Kier alpha value is -1.36. The van der Waals surface area contributed by atoms with Gasteiger partial charge < -0.3 is 4.74 Å². The smallest absolute Gasteiger partial charge is 0.306 e. The predicted molar refractivity (Wildman–Crippen MR) is 67.2 cm³/mol. The first kappa shape index (κ1) is 13.1. The van der Waals surface area contributed by atoms with Crippen LogP contribution in [-0.2, 0) is 32.2 Å². The maximum absolute atomic E-state index is 12.0. The first-order valence-electron chi connectivity index (χ1n) is 5.94. The van der Waals surface area contributed by atoms with Gasteiger partial charge in [-0.1, -0.05) is 6.07 Å². The molecule has 0 spiro atoms. The summed E-state index contributed by atoms with van der Waals surface area (Å²) in [5.41, 5.74) is 2.36. The molecular formula is C13H16O4S. The molecule has 1 aliphatic rings. The second-order valence-electron chi connectivity index (χ2n) is 4.43. The van der Waals surface area contributed by atoms with E-state index < -0.39 is 15.8 Å². The first-order chi connectivity index (χ1) is 8.53. The summed E-state index contributed by atoms with van der Waals surface area (Å²) < 4.78 is 28.5. The molecule has 0 saturated carbocycles. The van der Waals surface area contributed by atoms with Gasteiger partial charge in [0, 0.05) is 0 Å². The molecule has 0 aromatic heterocycles. The summed E-state index contributed by atoms with van der Waals surface area (Å²) in [6.07, 6.45) is 2.95. The van der Waals surface area contributed by atoms with Gasteiger partial charge >= 0.3 is 5.97 Å². The summed E-state index contributed by atoms with van der Waals surface area (Å²) >= 11 is 0. The monoisotopic (exact) mass is 268 g/mol. The van der Waals surface area contributed by atoms with E-state index in [1.807, 2.05) is 6.07 Å². The first-order valence-corrected chi connectivity index (χ1v) is 7.59. The lowest BCUT2D eigenvalue weighted by molar-refractivity contribution is -0.140. The Morgan fingerprint density at radius 1 is 1.28 bits per heavy atom. The van der Waals surface area contributed by atoms with Crippen molar-refractivity contribution in [2.75, 3.05) is 12.9 Å². The molecule has 1 aromatic rings. The standard InChI is InChI=1S/C13H16O4S/c1-17-13(14)7-8-18(15,16)12-6-5-10-3-2-4-11(10)9-12/h5-6,9H,2-4,7-8H2,1H3. The maximum atomic E-state index is 12.0. The van der Waals surface area contributed by atoms with Gasteiger partial charge in [-0.25, -0.2) is 8.42 Å². The molecule has 0 amide bonds. The van der Waals surface area contributed by atoms with E-state index in [1.165, 1.54) is 12.7 Å². The van der Waals surface area contributed by atoms with Crippen LogP contribution in [0.4, 0.5) is 0 Å². The summed E-state index contributed by atoms with van der Waals surface area (Å²) in [7, 11) is -2.13. The number of carbonyl (C=O) groups is 1. The van der Waals surface area contributed by atoms with Gasteiger partial charge in [0.2, 0.25) is 0 Å². The fourth-order valence-corrected chi connectivity index (χ4v) is 3.45. The number of carbonyl (C=O) groups excluding carboxylic acids is 1. The van der Waals surface area contributed by atoms with Gasteiger partial charge in [-0.15, -0.1) is 0 Å². The highest BCUT2D eigenvalue weighted by Gasteiger charge is 2.19. The number of esters is 1. The zero-order valence-corrected chi connectivity index (χ0v) is 11.1. The molecule has 0 atom stereocenters. The Balaban J connectivity index is 2.17. The van der Waals surface area contributed by atoms with Crippen LogP contribution in [0.25, 0.3) is 0 Å². The zero-order chi connectivity index (χ0) is 13.2. The van der Waals surface area contributed by atoms with Crippen molar-refractivity contribution in [3.8, 4) is 0 Å². The topological polar surface area (TPSA) is 60.4 Å². The van der Waals surface area contributed by atoms with Crippen LogP contribution in [0.1, 0.15) is 24.0 Å². The van der Waals surface area contributed by atoms with E-state index in [1.54, 1.807) is 12.1 Å². The van der Waals surface area contributed by atoms with E-state index in [9.17, 15) is 13.2 Å². The third kappa shape index (κ3) is 2.72. The van der Waals surface area contributed by atoms with E-state index in [-0.39, 0.29) is 12.2 Å². The molecule has 0 fully saturated rings. The van der Waals surface area contributed by atoms with Crippen LogP contribution in [0.15, 0.2) is 23.1 Å². The lowest BCUT2D eigenvalue weighted by Gasteiger charge is -2.06. The predicted octanol–water partition coefficient (Wildman–Crippen LogP) is 1.51. The zero-order valence-electron chi connectivity index (χ0n) is 10.3. The van der Waals surface area contributed by atoms with Crippen molar-refractivity contribution in [1.82, 2.24) is 0 Å². The quantitative estimate of drug-likeness (QED) is 0.777. The highest BCUT2D eigenvalue weighted by atomic mass is 32.2. The number of methoxy groups -OCH3 is 1. The summed E-state index contributed by atoms with van der Waals surface area (Å²) in [6, 6.07) is 5.26. The van der Waals surface area contributed by atoms with Crippen LogP contribution in [-0.4, -0.2) is 27.2 Å². The van der Waals surface area contributed by atoms with Crippen LogP contribution >= 0.6 is 0 Å². The molecule has 0 heterocycles.